The molecule has 1 fully saturated rings. The molecule has 4 aromatic rings. The lowest BCUT2D eigenvalue weighted by Gasteiger charge is -2.24. The molecule has 1 aliphatic rings. The molecule has 0 saturated carbocycles. The van der Waals surface area contributed by atoms with Crippen LogP contribution in [0.2, 0.25) is 0 Å². The van der Waals surface area contributed by atoms with Gasteiger partial charge in [-0.25, -0.2) is 19.2 Å². The number of rotatable bonds is 9. The number of carbonyl (C=O) groups is 4. The van der Waals surface area contributed by atoms with E-state index in [1.807, 2.05) is 0 Å². The number of benzene rings is 4. The Morgan fingerprint density at radius 3 is 1.26 bits per heavy atom. The van der Waals surface area contributed by atoms with Gasteiger partial charge in [0, 0.05) is 0 Å². The van der Waals surface area contributed by atoms with Gasteiger partial charge < -0.3 is 23.7 Å². The van der Waals surface area contributed by atoms with Crippen molar-refractivity contribution in [1.29, 1.82) is 0 Å². The van der Waals surface area contributed by atoms with Crippen molar-refractivity contribution in [3.8, 4) is 0 Å². The molecule has 1 heterocycles. The third kappa shape index (κ3) is 6.89. The van der Waals surface area contributed by atoms with Crippen LogP contribution in [0.4, 0.5) is 0 Å². The van der Waals surface area contributed by atoms with Gasteiger partial charge in [0.15, 0.2) is 6.10 Å². The van der Waals surface area contributed by atoms with Gasteiger partial charge in [-0.2, -0.15) is 0 Å². The van der Waals surface area contributed by atoms with Crippen molar-refractivity contribution < 1.29 is 42.9 Å². The first-order valence-electron chi connectivity index (χ1n) is 13.2. The minimum atomic E-state index is -1.49. The molecule has 212 valence electrons. The zero-order chi connectivity index (χ0) is 29.3. The number of esters is 4. The Labute approximate surface area is 241 Å². The van der Waals surface area contributed by atoms with Gasteiger partial charge in [-0.05, 0) is 48.5 Å². The first kappa shape index (κ1) is 28.3. The first-order chi connectivity index (χ1) is 20.5. The maximum absolute atomic E-state index is 13.1. The first-order valence-corrected chi connectivity index (χ1v) is 13.2. The fraction of sp³-hybridized carbons (Fsp3) is 0.152. The standard InChI is InChI=1S/C33H26O9/c34-29(22-13-5-1-6-14-22)38-21-26-27(40-30(35)23-15-7-2-8-16-23)28(41-31(36)24-17-9-3-10-18-24)33(39-26)42-32(37)25-19-11-4-12-20-25/h1-20,26-28,33H,21H2/t26-,27-,28+,33+/m0/s1. The van der Waals surface area contributed by atoms with Crippen molar-refractivity contribution in [3.05, 3.63) is 144 Å². The van der Waals surface area contributed by atoms with Gasteiger partial charge in [-0.1, -0.05) is 72.8 Å². The van der Waals surface area contributed by atoms with E-state index in [9.17, 15) is 19.2 Å². The van der Waals surface area contributed by atoms with Crippen LogP contribution in [-0.2, 0) is 23.7 Å². The molecule has 0 aromatic heterocycles. The minimum Gasteiger partial charge on any atom is -0.459 e. The largest absolute Gasteiger partial charge is 0.459 e. The molecule has 0 unspecified atom stereocenters. The van der Waals surface area contributed by atoms with Crippen molar-refractivity contribution >= 4 is 23.9 Å². The van der Waals surface area contributed by atoms with Gasteiger partial charge in [-0.15, -0.1) is 0 Å². The highest BCUT2D eigenvalue weighted by molar-refractivity contribution is 5.91. The monoisotopic (exact) mass is 566 g/mol. The molecular weight excluding hydrogens is 540 g/mol. The molecule has 5 rings (SSSR count). The van der Waals surface area contributed by atoms with E-state index >= 15 is 0 Å². The third-order valence-corrected chi connectivity index (χ3v) is 6.39. The van der Waals surface area contributed by atoms with Crippen LogP contribution in [-0.4, -0.2) is 55.1 Å². The average molecular weight is 567 g/mol. The molecule has 42 heavy (non-hydrogen) atoms. The van der Waals surface area contributed by atoms with Crippen LogP contribution in [0.1, 0.15) is 41.4 Å². The SMILES string of the molecule is O=C(OC[C@@H]1O[C@H](OC(=O)c2ccccc2)[C@H](OC(=O)c2ccccc2)[C@H]1OC(=O)c1ccccc1)c1ccccc1. The lowest BCUT2D eigenvalue weighted by Crippen LogP contribution is -2.42. The third-order valence-electron chi connectivity index (χ3n) is 6.39. The predicted octanol–water partition coefficient (Wildman–Crippen LogP) is 4.88. The molecule has 4 atom stereocenters. The van der Waals surface area contributed by atoms with Crippen molar-refractivity contribution in [2.24, 2.45) is 0 Å². The predicted molar refractivity (Wildman–Crippen MR) is 149 cm³/mol. The van der Waals surface area contributed by atoms with E-state index in [1.165, 1.54) is 0 Å². The van der Waals surface area contributed by atoms with Crippen molar-refractivity contribution in [1.82, 2.24) is 0 Å². The summed E-state index contributed by atoms with van der Waals surface area (Å²) in [5.74, 6) is -2.89. The Balaban J connectivity index is 1.43. The molecule has 9 nitrogen and oxygen atoms in total. The van der Waals surface area contributed by atoms with Crippen LogP contribution >= 0.6 is 0 Å². The highest BCUT2D eigenvalue weighted by Crippen LogP contribution is 2.30. The van der Waals surface area contributed by atoms with Crippen LogP contribution in [0.5, 0.6) is 0 Å². The van der Waals surface area contributed by atoms with Gasteiger partial charge >= 0.3 is 23.9 Å². The lowest BCUT2D eigenvalue weighted by molar-refractivity contribution is -0.141. The Morgan fingerprint density at radius 2 is 0.833 bits per heavy atom. The summed E-state index contributed by atoms with van der Waals surface area (Å²) in [6.45, 7) is -0.390. The maximum Gasteiger partial charge on any atom is 0.340 e. The molecule has 0 amide bonds. The summed E-state index contributed by atoms with van der Waals surface area (Å²) in [6, 6.07) is 32.8. The summed E-state index contributed by atoms with van der Waals surface area (Å²) in [6.07, 6.45) is -5.33. The van der Waals surface area contributed by atoms with E-state index in [1.54, 1.807) is 121 Å². The Kier molecular flexibility index (Phi) is 9.00. The van der Waals surface area contributed by atoms with Crippen LogP contribution in [0, 0.1) is 0 Å². The minimum absolute atomic E-state index is 0.220. The Hall–Kier alpha value is -5.28. The van der Waals surface area contributed by atoms with Crippen LogP contribution in [0.3, 0.4) is 0 Å². The molecule has 1 saturated heterocycles. The number of hydrogen-bond donors (Lipinski definition) is 0. The van der Waals surface area contributed by atoms with Gasteiger partial charge in [0.1, 0.15) is 12.7 Å². The molecule has 0 bridgehead atoms. The molecule has 4 aromatic carbocycles. The molecule has 0 N–H and O–H groups in total. The topological polar surface area (TPSA) is 114 Å². The molecule has 0 spiro atoms. The van der Waals surface area contributed by atoms with Crippen molar-refractivity contribution in [2.75, 3.05) is 6.61 Å². The second kappa shape index (κ2) is 13.4. The Morgan fingerprint density at radius 1 is 0.476 bits per heavy atom. The fourth-order valence-corrected chi connectivity index (χ4v) is 4.28. The molecule has 0 radical (unpaired) electrons. The van der Waals surface area contributed by atoms with Gasteiger partial charge in [-0.3, -0.25) is 0 Å². The smallest absolute Gasteiger partial charge is 0.340 e. The van der Waals surface area contributed by atoms with Gasteiger partial charge in [0.2, 0.25) is 12.4 Å². The van der Waals surface area contributed by atoms with E-state index in [0.717, 1.165) is 0 Å². The summed E-state index contributed by atoms with van der Waals surface area (Å²) in [4.78, 5) is 51.9. The van der Waals surface area contributed by atoms with Gasteiger partial charge in [0.05, 0.1) is 22.3 Å². The molecule has 0 aliphatic carbocycles. The molecular formula is C33H26O9. The summed E-state index contributed by atoms with van der Waals surface area (Å²) in [7, 11) is 0. The summed E-state index contributed by atoms with van der Waals surface area (Å²) < 4.78 is 28.6. The normalized spacial score (nSPS) is 19.3. The summed E-state index contributed by atoms with van der Waals surface area (Å²) >= 11 is 0. The van der Waals surface area contributed by atoms with Crippen molar-refractivity contribution in [2.45, 2.75) is 24.6 Å². The zero-order valence-electron chi connectivity index (χ0n) is 22.2. The average Bonchev–Trinajstić information content (AvgIpc) is 3.35. The fourth-order valence-electron chi connectivity index (χ4n) is 4.28. The quantitative estimate of drug-likeness (QED) is 0.207. The maximum atomic E-state index is 13.1. The van der Waals surface area contributed by atoms with Crippen LogP contribution in [0.15, 0.2) is 121 Å². The molecule has 9 heteroatoms. The van der Waals surface area contributed by atoms with E-state index in [4.69, 9.17) is 23.7 Å². The van der Waals surface area contributed by atoms with Crippen LogP contribution in [0.25, 0.3) is 0 Å². The van der Waals surface area contributed by atoms with E-state index in [2.05, 4.69) is 0 Å². The Bertz CT molecular complexity index is 1510. The van der Waals surface area contributed by atoms with Crippen LogP contribution < -0.4 is 0 Å². The van der Waals surface area contributed by atoms with E-state index in [0.29, 0.717) is 5.56 Å². The zero-order valence-corrected chi connectivity index (χ0v) is 22.2. The van der Waals surface area contributed by atoms with Gasteiger partial charge in [0.25, 0.3) is 0 Å². The summed E-state index contributed by atoms with van der Waals surface area (Å²) in [5.41, 5.74) is 0.978. The second-order valence-electron chi connectivity index (χ2n) is 9.25. The second-order valence-corrected chi connectivity index (χ2v) is 9.25. The summed E-state index contributed by atoms with van der Waals surface area (Å²) in [5, 5.41) is 0. The number of hydrogen-bond acceptors (Lipinski definition) is 9. The molecule has 1 aliphatic heterocycles. The van der Waals surface area contributed by atoms with Crippen molar-refractivity contribution in [3.63, 3.8) is 0 Å². The highest BCUT2D eigenvalue weighted by atomic mass is 16.8. The van der Waals surface area contributed by atoms with E-state index < -0.39 is 48.5 Å². The number of carbonyl (C=O) groups excluding carboxylic acids is 4. The van der Waals surface area contributed by atoms with E-state index in [-0.39, 0.29) is 23.3 Å². The lowest BCUT2D eigenvalue weighted by atomic mass is 10.1. The number of ether oxygens (including phenoxy) is 5. The highest BCUT2D eigenvalue weighted by Gasteiger charge is 2.52.